The first-order valence-corrected chi connectivity index (χ1v) is 3.70. The lowest BCUT2D eigenvalue weighted by Crippen LogP contribution is -2.01. The lowest BCUT2D eigenvalue weighted by Gasteiger charge is -2.03. The summed E-state index contributed by atoms with van der Waals surface area (Å²) in [4.78, 5) is 11.0. The maximum absolute atomic E-state index is 11.0. The van der Waals surface area contributed by atoms with Gasteiger partial charge >= 0.3 is 5.97 Å². The molecule has 0 spiro atoms. The second kappa shape index (κ2) is 3.91. The summed E-state index contributed by atoms with van der Waals surface area (Å²) >= 11 is 0. The van der Waals surface area contributed by atoms with E-state index in [0.717, 1.165) is 0 Å². The fourth-order valence-electron chi connectivity index (χ4n) is 0.942. The van der Waals surface area contributed by atoms with E-state index in [1.54, 1.807) is 0 Å². The molecule has 0 saturated heterocycles. The van der Waals surface area contributed by atoms with Gasteiger partial charge in [-0.3, -0.25) is 0 Å². The average Bonchev–Trinajstić information content (AvgIpc) is 2.16. The molecule has 0 aliphatic carbocycles. The summed E-state index contributed by atoms with van der Waals surface area (Å²) in [6.07, 6.45) is 0. The molecule has 0 fully saturated rings. The van der Waals surface area contributed by atoms with Gasteiger partial charge in [0.2, 0.25) is 0 Å². The van der Waals surface area contributed by atoms with Gasteiger partial charge < -0.3 is 14.9 Å². The molecule has 1 aromatic carbocycles. The van der Waals surface area contributed by atoms with Gasteiger partial charge in [-0.1, -0.05) is 6.07 Å². The van der Waals surface area contributed by atoms with Gasteiger partial charge in [0.15, 0.2) is 0 Å². The number of aromatic hydroxyl groups is 1. The normalized spacial score (nSPS) is 9.69. The molecule has 1 aromatic rings. The van der Waals surface area contributed by atoms with Gasteiger partial charge in [0.05, 0.1) is 19.3 Å². The zero-order valence-corrected chi connectivity index (χ0v) is 7.15. The highest BCUT2D eigenvalue weighted by Crippen LogP contribution is 2.18. The van der Waals surface area contributed by atoms with E-state index in [1.165, 1.54) is 25.3 Å². The lowest BCUT2D eigenvalue weighted by atomic mass is 10.1. The van der Waals surface area contributed by atoms with Crippen LogP contribution in [-0.2, 0) is 11.3 Å². The molecule has 0 unspecified atom stereocenters. The van der Waals surface area contributed by atoms with Gasteiger partial charge in [-0.25, -0.2) is 4.79 Å². The Morgan fingerprint density at radius 2 is 2.23 bits per heavy atom. The van der Waals surface area contributed by atoms with Crippen molar-refractivity contribution in [1.29, 1.82) is 0 Å². The zero-order chi connectivity index (χ0) is 9.84. The summed E-state index contributed by atoms with van der Waals surface area (Å²) < 4.78 is 4.45. The van der Waals surface area contributed by atoms with Crippen LogP contribution >= 0.6 is 0 Å². The van der Waals surface area contributed by atoms with Crippen molar-refractivity contribution in [1.82, 2.24) is 0 Å². The van der Waals surface area contributed by atoms with Crippen molar-refractivity contribution in [3.8, 4) is 5.75 Å². The van der Waals surface area contributed by atoms with Crippen molar-refractivity contribution in [2.45, 2.75) is 6.61 Å². The van der Waals surface area contributed by atoms with Crippen LogP contribution in [0.25, 0.3) is 0 Å². The molecule has 0 aliphatic rings. The molecule has 4 nitrogen and oxygen atoms in total. The molecule has 0 heterocycles. The number of ether oxygens (including phenoxy) is 1. The number of aliphatic hydroxyl groups is 1. The van der Waals surface area contributed by atoms with Crippen LogP contribution in [0, 0.1) is 0 Å². The number of esters is 1. The number of carbonyl (C=O) groups is 1. The molecule has 2 N–H and O–H groups in total. The Balaban J connectivity index is 3.02. The van der Waals surface area contributed by atoms with Crippen LogP contribution in [0.1, 0.15) is 15.9 Å². The third-order valence-corrected chi connectivity index (χ3v) is 1.68. The quantitative estimate of drug-likeness (QED) is 0.660. The van der Waals surface area contributed by atoms with Gasteiger partial charge in [-0.2, -0.15) is 0 Å². The zero-order valence-electron chi connectivity index (χ0n) is 7.15. The Morgan fingerprint density at radius 1 is 1.54 bits per heavy atom. The van der Waals surface area contributed by atoms with Gasteiger partial charge in [-0.15, -0.1) is 0 Å². The Hall–Kier alpha value is -1.55. The SMILES string of the molecule is COC(=O)c1ccc(CO)c(O)c1. The Morgan fingerprint density at radius 3 is 2.69 bits per heavy atom. The number of phenols is 1. The number of aliphatic hydroxyl groups excluding tert-OH is 1. The fraction of sp³-hybridized carbons (Fsp3) is 0.222. The average molecular weight is 182 g/mol. The van der Waals surface area contributed by atoms with E-state index in [0.29, 0.717) is 5.56 Å². The minimum absolute atomic E-state index is 0.106. The van der Waals surface area contributed by atoms with Crippen molar-refractivity contribution in [2.75, 3.05) is 7.11 Å². The van der Waals surface area contributed by atoms with E-state index in [2.05, 4.69) is 4.74 Å². The van der Waals surface area contributed by atoms with Crippen molar-refractivity contribution in [3.05, 3.63) is 29.3 Å². The molecule has 0 aliphatic heterocycles. The molecule has 13 heavy (non-hydrogen) atoms. The molecule has 0 amide bonds. The van der Waals surface area contributed by atoms with Crippen LogP contribution in [-0.4, -0.2) is 23.3 Å². The van der Waals surface area contributed by atoms with Crippen molar-refractivity contribution < 1.29 is 19.7 Å². The minimum atomic E-state index is -0.514. The molecule has 4 heteroatoms. The number of carbonyl (C=O) groups excluding carboxylic acids is 1. The maximum Gasteiger partial charge on any atom is 0.337 e. The predicted octanol–water partition coefficient (Wildman–Crippen LogP) is 0.671. The number of benzene rings is 1. The highest BCUT2D eigenvalue weighted by Gasteiger charge is 2.07. The molecule has 1 rings (SSSR count). The molecular weight excluding hydrogens is 172 g/mol. The largest absolute Gasteiger partial charge is 0.508 e. The highest BCUT2D eigenvalue weighted by molar-refractivity contribution is 5.89. The Kier molecular flexibility index (Phi) is 2.87. The summed E-state index contributed by atoms with van der Waals surface area (Å²) in [5.41, 5.74) is 0.643. The van der Waals surface area contributed by atoms with Gasteiger partial charge in [0.25, 0.3) is 0 Å². The van der Waals surface area contributed by atoms with Crippen LogP contribution in [0.5, 0.6) is 5.75 Å². The minimum Gasteiger partial charge on any atom is -0.508 e. The van der Waals surface area contributed by atoms with Crippen LogP contribution in [0.4, 0.5) is 0 Å². The maximum atomic E-state index is 11.0. The van der Waals surface area contributed by atoms with E-state index in [4.69, 9.17) is 5.11 Å². The Bertz CT molecular complexity index is 319. The summed E-state index contributed by atoms with van der Waals surface area (Å²) in [5, 5.41) is 18.0. The molecular formula is C9H10O4. The topological polar surface area (TPSA) is 66.8 Å². The summed E-state index contributed by atoms with van der Waals surface area (Å²) in [6.45, 7) is -0.257. The second-order valence-electron chi connectivity index (χ2n) is 2.49. The van der Waals surface area contributed by atoms with Crippen LogP contribution in [0.15, 0.2) is 18.2 Å². The van der Waals surface area contributed by atoms with E-state index < -0.39 is 5.97 Å². The van der Waals surface area contributed by atoms with Crippen molar-refractivity contribution in [2.24, 2.45) is 0 Å². The van der Waals surface area contributed by atoms with E-state index in [1.807, 2.05) is 0 Å². The standard InChI is InChI=1S/C9H10O4/c1-13-9(12)6-2-3-7(5-10)8(11)4-6/h2-4,10-11H,5H2,1H3. The van der Waals surface area contributed by atoms with E-state index in [-0.39, 0.29) is 17.9 Å². The monoisotopic (exact) mass is 182 g/mol. The van der Waals surface area contributed by atoms with E-state index >= 15 is 0 Å². The van der Waals surface area contributed by atoms with Crippen LogP contribution in [0.2, 0.25) is 0 Å². The molecule has 0 bridgehead atoms. The van der Waals surface area contributed by atoms with Gasteiger partial charge in [0, 0.05) is 5.56 Å². The third-order valence-electron chi connectivity index (χ3n) is 1.68. The first kappa shape index (κ1) is 9.54. The number of methoxy groups -OCH3 is 1. The molecule has 0 atom stereocenters. The molecule has 0 radical (unpaired) electrons. The molecule has 0 saturated carbocycles. The fourth-order valence-corrected chi connectivity index (χ4v) is 0.942. The van der Waals surface area contributed by atoms with Crippen LogP contribution < -0.4 is 0 Å². The second-order valence-corrected chi connectivity index (χ2v) is 2.49. The van der Waals surface area contributed by atoms with Gasteiger partial charge in [0.1, 0.15) is 5.75 Å². The molecule has 70 valence electrons. The number of hydrogen-bond acceptors (Lipinski definition) is 4. The first-order valence-electron chi connectivity index (χ1n) is 3.70. The van der Waals surface area contributed by atoms with E-state index in [9.17, 15) is 9.90 Å². The number of hydrogen-bond donors (Lipinski definition) is 2. The highest BCUT2D eigenvalue weighted by atomic mass is 16.5. The molecule has 0 aromatic heterocycles. The Labute approximate surface area is 75.4 Å². The third kappa shape index (κ3) is 1.97. The van der Waals surface area contributed by atoms with Crippen molar-refractivity contribution in [3.63, 3.8) is 0 Å². The summed E-state index contributed by atoms with van der Waals surface area (Å²) in [5.74, 6) is -0.620. The summed E-state index contributed by atoms with van der Waals surface area (Å²) in [7, 11) is 1.26. The van der Waals surface area contributed by atoms with Crippen molar-refractivity contribution >= 4 is 5.97 Å². The smallest absolute Gasteiger partial charge is 0.337 e. The summed E-state index contributed by atoms with van der Waals surface area (Å²) in [6, 6.07) is 4.22. The van der Waals surface area contributed by atoms with Crippen LogP contribution in [0.3, 0.4) is 0 Å². The predicted molar refractivity (Wildman–Crippen MR) is 45.4 cm³/mol. The van der Waals surface area contributed by atoms with Gasteiger partial charge in [-0.05, 0) is 12.1 Å². The first-order chi connectivity index (χ1) is 6.19. The lowest BCUT2D eigenvalue weighted by molar-refractivity contribution is 0.0600. The number of rotatable bonds is 2.